The summed E-state index contributed by atoms with van der Waals surface area (Å²) in [5.74, 6) is -1.86. The number of fused-ring (bicyclic) bond motifs is 5. The molecule has 0 spiro atoms. The summed E-state index contributed by atoms with van der Waals surface area (Å²) in [7, 11) is 0. The van der Waals surface area contributed by atoms with Crippen molar-refractivity contribution < 1.29 is 65.0 Å². The molecule has 8 nitrogen and oxygen atoms in total. The van der Waals surface area contributed by atoms with E-state index in [-0.39, 0.29) is 70.5 Å². The van der Waals surface area contributed by atoms with E-state index in [4.69, 9.17) is 5.11 Å². The van der Waals surface area contributed by atoms with E-state index in [1.165, 1.54) is 6.08 Å². The molecule has 0 saturated heterocycles. The van der Waals surface area contributed by atoms with Crippen LogP contribution in [0.1, 0.15) is 59.3 Å². The summed E-state index contributed by atoms with van der Waals surface area (Å²) < 4.78 is 0. The Balaban J connectivity index is 0.00000342. The zero-order valence-corrected chi connectivity index (χ0v) is 23.4. The van der Waals surface area contributed by atoms with Crippen molar-refractivity contribution >= 4 is 11.9 Å². The Morgan fingerprint density at radius 2 is 1.74 bits per heavy atom. The zero-order chi connectivity index (χ0) is 25.0. The number of hydrogen-bond acceptors (Lipinski definition) is 7. The number of aliphatic carboxylic acids is 1. The van der Waals surface area contributed by atoms with Crippen LogP contribution in [0.15, 0.2) is 17.1 Å². The summed E-state index contributed by atoms with van der Waals surface area (Å²) in [6.07, 6.45) is 4.48. The topological polar surface area (TPSA) is 154 Å². The Morgan fingerprint density at radius 1 is 1.06 bits per heavy atom. The molecule has 0 bridgehead atoms. The summed E-state index contributed by atoms with van der Waals surface area (Å²) in [6.45, 7) is 5.72. The Labute approximate surface area is 229 Å². The molecule has 4 fully saturated rings. The maximum atomic E-state index is 11.9. The van der Waals surface area contributed by atoms with Crippen molar-refractivity contribution in [3.8, 4) is 0 Å². The Morgan fingerprint density at radius 3 is 2.40 bits per heavy atom. The van der Waals surface area contributed by atoms with E-state index < -0.39 is 48.2 Å². The van der Waals surface area contributed by atoms with Gasteiger partial charge in [-0.05, 0) is 85.3 Å². The Hall–Kier alpha value is -0.480. The molecular weight excluding hydrogens is 461 g/mol. The summed E-state index contributed by atoms with van der Waals surface area (Å²) in [5.41, 5.74) is -0.698. The van der Waals surface area contributed by atoms with Gasteiger partial charge in [0.25, 0.3) is 0 Å². The van der Waals surface area contributed by atoms with Gasteiger partial charge in [0.2, 0.25) is 0 Å². The van der Waals surface area contributed by atoms with Crippen LogP contribution in [0.3, 0.4) is 0 Å². The van der Waals surface area contributed by atoms with E-state index in [1.807, 2.05) is 6.92 Å². The van der Waals surface area contributed by atoms with Crippen LogP contribution in [0, 0.1) is 46.3 Å². The molecule has 4 rings (SSSR count). The van der Waals surface area contributed by atoms with E-state index in [1.54, 1.807) is 6.08 Å². The molecule has 4 aliphatic carbocycles. The smallest absolute Gasteiger partial charge is 0.859 e. The molecule has 35 heavy (non-hydrogen) atoms. The standard InChI is InChI=1S/C26H41NO7.Na/c1-13(4-7-20(30)27-12-21(31)32)15-5-6-16-22-17(11-19(29)26(15,16)3)25(2)9-8-14(28)10-18(25)23(33)24(22)34;/h4,7,13-19,22-24,28-29,33-34H,5-6,8-12H2,1-3H3,(H,27,30)(H,31,32);/q;+1/p-1/b7-4+;/t13-,14-,15-,16+,17+,18+,19+,22+,23-,24+,25-,26-;/m1./s1. The molecule has 0 amide bonds. The normalized spacial score (nSPS) is 48.4. The molecule has 9 heteroatoms. The predicted octanol–water partition coefficient (Wildman–Crippen LogP) is -2.04. The summed E-state index contributed by atoms with van der Waals surface area (Å²) >= 11 is 0. The molecule has 4 saturated carbocycles. The average molecular weight is 502 g/mol. The van der Waals surface area contributed by atoms with E-state index in [0.29, 0.717) is 19.3 Å². The average Bonchev–Trinajstić information content (AvgIpc) is 3.14. The van der Waals surface area contributed by atoms with Crippen LogP contribution in [-0.4, -0.2) is 68.4 Å². The molecule has 0 aliphatic heterocycles. The Kier molecular flexibility index (Phi) is 8.90. The molecule has 4 aliphatic rings. The molecular formula is C26H40NNaO7. The van der Waals surface area contributed by atoms with E-state index >= 15 is 0 Å². The number of aliphatic imine (C=N–C) groups is 1. The van der Waals surface area contributed by atoms with Gasteiger partial charge in [0.1, 0.15) is 6.54 Å². The van der Waals surface area contributed by atoms with Gasteiger partial charge >= 0.3 is 35.5 Å². The van der Waals surface area contributed by atoms with Gasteiger partial charge < -0.3 is 30.6 Å². The molecule has 0 unspecified atom stereocenters. The molecule has 0 aromatic heterocycles. The first-order chi connectivity index (χ1) is 15.9. The number of carboxylic acid groups (broad SMARTS) is 1. The molecule has 192 valence electrons. The summed E-state index contributed by atoms with van der Waals surface area (Å²) in [4.78, 5) is 14.1. The third kappa shape index (κ3) is 4.89. The van der Waals surface area contributed by atoms with E-state index in [9.17, 15) is 30.3 Å². The second kappa shape index (κ2) is 10.7. The van der Waals surface area contributed by atoms with E-state index in [0.717, 1.165) is 19.3 Å². The largest absolute Gasteiger partial charge is 1.00 e. The first-order valence-corrected chi connectivity index (χ1v) is 12.7. The minimum absolute atomic E-state index is 0. The van der Waals surface area contributed by atoms with Crippen LogP contribution in [-0.2, 0) is 4.79 Å². The van der Waals surface area contributed by atoms with Crippen molar-refractivity contribution in [3.63, 3.8) is 0 Å². The number of rotatable bonds is 5. The molecule has 0 heterocycles. The predicted molar refractivity (Wildman–Crippen MR) is 124 cm³/mol. The van der Waals surface area contributed by atoms with Crippen LogP contribution in [0.25, 0.3) is 0 Å². The fourth-order valence-corrected chi connectivity index (χ4v) is 8.67. The number of hydrogen-bond donors (Lipinski definition) is 5. The van der Waals surface area contributed by atoms with Crippen molar-refractivity contribution in [1.29, 1.82) is 0 Å². The van der Waals surface area contributed by atoms with Crippen LogP contribution < -0.4 is 34.7 Å². The van der Waals surface area contributed by atoms with Crippen molar-refractivity contribution in [2.45, 2.75) is 83.7 Å². The fourth-order valence-electron chi connectivity index (χ4n) is 8.67. The molecule has 5 N–H and O–H groups in total. The molecule has 0 aromatic carbocycles. The number of allylic oxidation sites excluding steroid dienone is 1. The van der Waals surface area contributed by atoms with Crippen molar-refractivity contribution in [2.24, 2.45) is 51.3 Å². The SMILES string of the molecule is C[C@H](/C=C/C([O-])=NCC(=O)O)[C@H]1CC[C@H]2[C@@H]3[C@H](O)[C@H](O)[C@@H]4C[C@H](O)CC[C@]4(C)[C@H]3C[C@H](O)[C@]12C.[Na+]. The zero-order valence-electron chi connectivity index (χ0n) is 21.4. The molecule has 0 radical (unpaired) electrons. The Bertz CT molecular complexity index is 852. The third-order valence-electron chi connectivity index (χ3n) is 10.5. The number of aliphatic hydroxyl groups is 4. The number of nitrogens with zero attached hydrogens (tertiary/aromatic N) is 1. The minimum atomic E-state index is -1.16. The minimum Gasteiger partial charge on any atom is -0.859 e. The number of aliphatic hydroxyl groups excluding tert-OH is 4. The number of carbonyl (C=O) groups is 1. The summed E-state index contributed by atoms with van der Waals surface area (Å²) in [5, 5.41) is 64.9. The van der Waals surface area contributed by atoms with Crippen LogP contribution >= 0.6 is 0 Å². The van der Waals surface area contributed by atoms with Crippen molar-refractivity contribution in [2.75, 3.05) is 6.54 Å². The third-order valence-corrected chi connectivity index (χ3v) is 10.5. The quantitative estimate of drug-likeness (QED) is 0.165. The maximum Gasteiger partial charge on any atom is 1.00 e. The molecule has 12 atom stereocenters. The first-order valence-electron chi connectivity index (χ1n) is 12.7. The van der Waals surface area contributed by atoms with Crippen molar-refractivity contribution in [1.82, 2.24) is 0 Å². The van der Waals surface area contributed by atoms with Crippen molar-refractivity contribution in [3.05, 3.63) is 12.2 Å². The van der Waals surface area contributed by atoms with Crippen LogP contribution in [0.2, 0.25) is 0 Å². The van der Waals surface area contributed by atoms with E-state index in [2.05, 4.69) is 18.8 Å². The monoisotopic (exact) mass is 501 g/mol. The van der Waals surface area contributed by atoms with Gasteiger partial charge in [0.05, 0.1) is 24.4 Å². The second-order valence-corrected chi connectivity index (χ2v) is 11.9. The van der Waals surface area contributed by atoms with Gasteiger partial charge in [-0.25, -0.2) is 0 Å². The molecule has 0 aromatic rings. The van der Waals surface area contributed by atoms with Gasteiger partial charge in [-0.1, -0.05) is 32.9 Å². The first kappa shape index (κ1) is 29.1. The van der Waals surface area contributed by atoms with Gasteiger partial charge in [-0.2, -0.15) is 0 Å². The van der Waals surface area contributed by atoms with Crippen LogP contribution in [0.5, 0.6) is 0 Å². The summed E-state index contributed by atoms with van der Waals surface area (Å²) in [6, 6.07) is 0. The van der Waals surface area contributed by atoms with Crippen LogP contribution in [0.4, 0.5) is 0 Å². The van der Waals surface area contributed by atoms with Gasteiger partial charge in [0, 0.05) is 5.41 Å². The van der Waals surface area contributed by atoms with Gasteiger partial charge in [0.15, 0.2) is 0 Å². The fraction of sp³-hybridized carbons (Fsp3) is 0.846. The van der Waals surface area contributed by atoms with Gasteiger partial charge in [-0.15, -0.1) is 0 Å². The number of carboxylic acids is 1. The second-order valence-electron chi connectivity index (χ2n) is 11.9. The maximum absolute atomic E-state index is 11.9. The van der Waals surface area contributed by atoms with Gasteiger partial charge in [-0.3, -0.25) is 9.79 Å².